The highest BCUT2D eigenvalue weighted by Crippen LogP contribution is 2.22. The van der Waals surface area contributed by atoms with Crippen molar-refractivity contribution < 1.29 is 27.5 Å². The Bertz CT molecular complexity index is 649. The van der Waals surface area contributed by atoms with Crippen molar-refractivity contribution in [3.63, 3.8) is 0 Å². The molecule has 0 bridgehead atoms. The Labute approximate surface area is 118 Å². The molecule has 0 heterocycles. The van der Waals surface area contributed by atoms with Gasteiger partial charge in [-0.05, 0) is 18.2 Å². The Hall–Kier alpha value is -1.71. The number of carbonyl (C=O) groups excluding carboxylic acids is 1. The van der Waals surface area contributed by atoms with E-state index in [4.69, 9.17) is 22.4 Å². The highest BCUT2D eigenvalue weighted by Gasteiger charge is 2.28. The molecule has 0 aliphatic heterocycles. The lowest BCUT2D eigenvalue weighted by Gasteiger charge is -2.14. The SMILES string of the molecule is NC(=O)CC(NS(=O)(=O)c1ccc(F)cc1Cl)C(=O)O. The monoisotopic (exact) mass is 324 g/mol. The van der Waals surface area contributed by atoms with E-state index < -0.39 is 50.1 Å². The predicted molar refractivity (Wildman–Crippen MR) is 67.0 cm³/mol. The van der Waals surface area contributed by atoms with Gasteiger partial charge >= 0.3 is 5.97 Å². The van der Waals surface area contributed by atoms with Crippen LogP contribution in [0.3, 0.4) is 0 Å². The van der Waals surface area contributed by atoms with Gasteiger partial charge in [0.1, 0.15) is 16.8 Å². The molecule has 1 amide bonds. The molecule has 1 rings (SSSR count). The van der Waals surface area contributed by atoms with Crippen LogP contribution in [-0.4, -0.2) is 31.4 Å². The molecule has 10 heteroatoms. The first-order valence-corrected chi connectivity index (χ1v) is 6.98. The number of nitrogens with two attached hydrogens (primary N) is 1. The van der Waals surface area contributed by atoms with Gasteiger partial charge in [0.15, 0.2) is 0 Å². The number of aliphatic carboxylic acids is 1. The number of primary amides is 1. The molecule has 0 saturated heterocycles. The molecule has 0 aromatic heterocycles. The molecule has 0 aliphatic rings. The summed E-state index contributed by atoms with van der Waals surface area (Å²) < 4.78 is 38.5. The Morgan fingerprint density at radius 1 is 1.45 bits per heavy atom. The quantitative estimate of drug-likeness (QED) is 0.683. The van der Waals surface area contributed by atoms with Crippen LogP contribution in [0.1, 0.15) is 6.42 Å². The van der Waals surface area contributed by atoms with Gasteiger partial charge in [0.25, 0.3) is 0 Å². The highest BCUT2D eigenvalue weighted by atomic mass is 35.5. The maximum atomic E-state index is 12.8. The largest absolute Gasteiger partial charge is 0.480 e. The number of carboxylic acid groups (broad SMARTS) is 1. The summed E-state index contributed by atoms with van der Waals surface area (Å²) in [4.78, 5) is 21.0. The number of carbonyl (C=O) groups is 2. The third kappa shape index (κ3) is 4.15. The molecule has 0 fully saturated rings. The normalized spacial score (nSPS) is 12.9. The molecular weight excluding hydrogens is 315 g/mol. The summed E-state index contributed by atoms with van der Waals surface area (Å²) in [6, 6.07) is 0.756. The number of hydrogen-bond donors (Lipinski definition) is 3. The third-order valence-corrected chi connectivity index (χ3v) is 4.14. The van der Waals surface area contributed by atoms with Gasteiger partial charge in [-0.1, -0.05) is 11.6 Å². The molecule has 4 N–H and O–H groups in total. The van der Waals surface area contributed by atoms with E-state index in [0.717, 1.165) is 18.2 Å². The lowest BCUT2D eigenvalue weighted by molar-refractivity contribution is -0.140. The Balaban J connectivity index is 3.09. The van der Waals surface area contributed by atoms with Crippen LogP contribution in [0, 0.1) is 5.82 Å². The smallest absolute Gasteiger partial charge is 0.322 e. The standard InChI is InChI=1S/C10H10ClFN2O5S/c11-6-3-5(12)1-2-8(6)20(18,19)14-7(10(16)17)4-9(13)15/h1-3,7,14H,4H2,(H2,13,15)(H,16,17). The van der Waals surface area contributed by atoms with E-state index in [1.165, 1.54) is 0 Å². The first-order valence-electron chi connectivity index (χ1n) is 5.12. The minimum absolute atomic E-state index is 0.416. The van der Waals surface area contributed by atoms with Crippen LogP contribution in [0.25, 0.3) is 0 Å². The van der Waals surface area contributed by atoms with Crippen LogP contribution in [0.4, 0.5) is 4.39 Å². The summed E-state index contributed by atoms with van der Waals surface area (Å²) in [5, 5.41) is 8.40. The molecule has 7 nitrogen and oxygen atoms in total. The summed E-state index contributed by atoms with van der Waals surface area (Å²) in [6.45, 7) is 0. The molecule has 20 heavy (non-hydrogen) atoms. The maximum Gasteiger partial charge on any atom is 0.322 e. The van der Waals surface area contributed by atoms with E-state index in [0.29, 0.717) is 0 Å². The molecule has 0 aliphatic carbocycles. The van der Waals surface area contributed by atoms with Gasteiger partial charge in [-0.15, -0.1) is 0 Å². The Kier molecular flexibility index (Phi) is 5.03. The van der Waals surface area contributed by atoms with E-state index in [1.54, 1.807) is 4.72 Å². The first kappa shape index (κ1) is 16.3. The van der Waals surface area contributed by atoms with Gasteiger partial charge in [-0.25, -0.2) is 12.8 Å². The van der Waals surface area contributed by atoms with Gasteiger partial charge in [0.05, 0.1) is 11.4 Å². The molecule has 0 radical (unpaired) electrons. The third-order valence-electron chi connectivity index (χ3n) is 2.18. The molecule has 0 spiro atoms. The zero-order chi connectivity index (χ0) is 15.5. The topological polar surface area (TPSA) is 127 Å². The first-order chi connectivity index (χ1) is 9.13. The van der Waals surface area contributed by atoms with Gasteiger partial charge < -0.3 is 10.8 Å². The van der Waals surface area contributed by atoms with Crippen LogP contribution in [0.5, 0.6) is 0 Å². The molecule has 0 saturated carbocycles. The van der Waals surface area contributed by atoms with Crippen molar-refractivity contribution in [2.45, 2.75) is 17.4 Å². The van der Waals surface area contributed by atoms with E-state index in [2.05, 4.69) is 0 Å². The van der Waals surface area contributed by atoms with Crippen LogP contribution in [0.15, 0.2) is 23.1 Å². The summed E-state index contributed by atoms with van der Waals surface area (Å²) in [6.07, 6.45) is -0.729. The average Bonchev–Trinajstić information content (AvgIpc) is 2.26. The van der Waals surface area contributed by atoms with Crippen molar-refractivity contribution in [3.05, 3.63) is 29.0 Å². The van der Waals surface area contributed by atoms with Gasteiger partial charge in [0, 0.05) is 0 Å². The highest BCUT2D eigenvalue weighted by molar-refractivity contribution is 7.89. The van der Waals surface area contributed by atoms with Crippen LogP contribution >= 0.6 is 11.6 Å². The molecule has 1 aromatic rings. The van der Waals surface area contributed by atoms with Crippen LogP contribution < -0.4 is 10.5 Å². The van der Waals surface area contributed by atoms with E-state index in [-0.39, 0.29) is 0 Å². The van der Waals surface area contributed by atoms with Gasteiger partial charge in [-0.2, -0.15) is 4.72 Å². The summed E-state index contributed by atoms with van der Waals surface area (Å²) >= 11 is 5.58. The number of amides is 1. The predicted octanol–water partition coefficient (Wildman–Crippen LogP) is 0.0860. The van der Waals surface area contributed by atoms with E-state index in [9.17, 15) is 22.4 Å². The maximum absolute atomic E-state index is 12.8. The number of halogens is 2. The molecular formula is C10H10ClFN2O5S. The number of carboxylic acids is 1. The van der Waals surface area contributed by atoms with Crippen molar-refractivity contribution in [1.29, 1.82) is 0 Å². The average molecular weight is 325 g/mol. The van der Waals surface area contributed by atoms with E-state index >= 15 is 0 Å². The van der Waals surface area contributed by atoms with E-state index in [1.807, 2.05) is 0 Å². The molecule has 1 aromatic carbocycles. The van der Waals surface area contributed by atoms with Crippen molar-refractivity contribution in [3.8, 4) is 0 Å². The zero-order valence-corrected chi connectivity index (χ0v) is 11.4. The lowest BCUT2D eigenvalue weighted by atomic mass is 10.2. The minimum Gasteiger partial charge on any atom is -0.480 e. The fourth-order valence-corrected chi connectivity index (χ4v) is 3.04. The zero-order valence-electron chi connectivity index (χ0n) is 9.84. The van der Waals surface area contributed by atoms with Gasteiger partial charge in [0.2, 0.25) is 15.9 Å². The lowest BCUT2D eigenvalue weighted by Crippen LogP contribution is -2.43. The number of benzene rings is 1. The van der Waals surface area contributed by atoms with Crippen molar-refractivity contribution in [2.24, 2.45) is 5.73 Å². The number of sulfonamides is 1. The fourth-order valence-electron chi connectivity index (χ4n) is 1.32. The minimum atomic E-state index is -4.33. The second kappa shape index (κ2) is 6.16. The van der Waals surface area contributed by atoms with Gasteiger partial charge in [-0.3, -0.25) is 9.59 Å². The molecule has 1 atom stereocenters. The van der Waals surface area contributed by atoms with Crippen molar-refractivity contribution in [2.75, 3.05) is 0 Å². The molecule has 110 valence electrons. The Morgan fingerprint density at radius 3 is 2.50 bits per heavy atom. The summed E-state index contributed by atoms with van der Waals surface area (Å²) in [5.41, 5.74) is 4.83. The van der Waals surface area contributed by atoms with Crippen LogP contribution in [0.2, 0.25) is 5.02 Å². The number of nitrogens with one attached hydrogen (secondary N) is 1. The fraction of sp³-hybridized carbons (Fsp3) is 0.200. The van der Waals surface area contributed by atoms with Crippen molar-refractivity contribution >= 4 is 33.5 Å². The second-order valence-electron chi connectivity index (χ2n) is 3.76. The summed E-state index contributed by atoms with van der Waals surface area (Å²) in [5.74, 6) is -3.32. The number of rotatable bonds is 6. The second-order valence-corrected chi connectivity index (χ2v) is 5.85. The van der Waals surface area contributed by atoms with Crippen LogP contribution in [-0.2, 0) is 19.6 Å². The molecule has 1 unspecified atom stereocenters. The Morgan fingerprint density at radius 2 is 2.05 bits per heavy atom. The summed E-state index contributed by atoms with van der Waals surface area (Å²) in [7, 11) is -4.33. The van der Waals surface area contributed by atoms with Crippen molar-refractivity contribution in [1.82, 2.24) is 4.72 Å². The number of hydrogen-bond acceptors (Lipinski definition) is 4.